The first-order valence-electron chi connectivity index (χ1n) is 7.37. The van der Waals surface area contributed by atoms with Gasteiger partial charge in [0.05, 0.1) is 12.7 Å². The van der Waals surface area contributed by atoms with E-state index in [1.54, 1.807) is 6.92 Å². The fraction of sp³-hybridized carbons (Fsp3) is 0.625. The summed E-state index contributed by atoms with van der Waals surface area (Å²) in [5.74, 6) is -0.307. The molecule has 0 bridgehead atoms. The number of hydrogen-bond acceptors (Lipinski definition) is 5. The topological polar surface area (TPSA) is 82.4 Å². The van der Waals surface area contributed by atoms with Crippen molar-refractivity contribution in [1.29, 1.82) is 5.26 Å². The quantitative estimate of drug-likeness (QED) is 0.445. The molecule has 0 aromatic rings. The molecule has 0 saturated carbocycles. The number of carbonyl (C=O) groups excluding carboxylic acids is 1. The van der Waals surface area contributed by atoms with E-state index in [9.17, 15) is 15.2 Å². The van der Waals surface area contributed by atoms with Gasteiger partial charge in [0.2, 0.25) is 0 Å². The minimum atomic E-state index is -0.547. The molecule has 1 rings (SSSR count). The molecule has 116 valence electrons. The zero-order valence-electron chi connectivity index (χ0n) is 13.0. The summed E-state index contributed by atoms with van der Waals surface area (Å²) in [6.45, 7) is 6.38. The Kier molecular flexibility index (Phi) is 6.97. The molecular formula is C16H24N2O3. The largest absolute Gasteiger partial charge is 0.461 e. The van der Waals surface area contributed by atoms with Gasteiger partial charge in [0.1, 0.15) is 11.6 Å². The Morgan fingerprint density at radius 3 is 2.76 bits per heavy atom. The summed E-state index contributed by atoms with van der Waals surface area (Å²) < 4.78 is 5.13. The van der Waals surface area contributed by atoms with Gasteiger partial charge in [0.15, 0.2) is 0 Å². The SMILES string of the molecule is CC(C)COC(=O)/C(C#N)=C1\C=C(NCC(C)O)CCC1. The van der Waals surface area contributed by atoms with Gasteiger partial charge < -0.3 is 15.2 Å². The van der Waals surface area contributed by atoms with Crippen LogP contribution in [0.5, 0.6) is 0 Å². The summed E-state index contributed by atoms with van der Waals surface area (Å²) in [4.78, 5) is 12.0. The second kappa shape index (κ2) is 8.48. The van der Waals surface area contributed by atoms with Gasteiger partial charge in [-0.1, -0.05) is 13.8 Å². The van der Waals surface area contributed by atoms with E-state index in [2.05, 4.69) is 5.32 Å². The summed E-state index contributed by atoms with van der Waals surface area (Å²) >= 11 is 0. The Morgan fingerprint density at radius 2 is 2.19 bits per heavy atom. The monoisotopic (exact) mass is 292 g/mol. The highest BCUT2D eigenvalue weighted by molar-refractivity contribution is 5.94. The van der Waals surface area contributed by atoms with Crippen LogP contribution < -0.4 is 5.32 Å². The first-order valence-corrected chi connectivity index (χ1v) is 7.37. The summed E-state index contributed by atoms with van der Waals surface area (Å²) in [5.41, 5.74) is 1.75. The molecule has 0 aromatic heterocycles. The molecule has 0 amide bonds. The summed E-state index contributed by atoms with van der Waals surface area (Å²) in [6, 6.07) is 1.96. The van der Waals surface area contributed by atoms with Crippen LogP contribution >= 0.6 is 0 Å². The molecule has 1 unspecified atom stereocenters. The number of nitrogens with zero attached hydrogens (tertiary/aromatic N) is 1. The van der Waals surface area contributed by atoms with Crippen LogP contribution in [0.15, 0.2) is 22.9 Å². The van der Waals surface area contributed by atoms with Crippen molar-refractivity contribution in [3.63, 3.8) is 0 Å². The Bertz CT molecular complexity index is 470. The zero-order valence-corrected chi connectivity index (χ0v) is 13.0. The van der Waals surface area contributed by atoms with Gasteiger partial charge in [-0.3, -0.25) is 0 Å². The average molecular weight is 292 g/mol. The number of rotatable bonds is 6. The maximum Gasteiger partial charge on any atom is 0.349 e. The first-order chi connectivity index (χ1) is 9.93. The molecule has 1 atom stereocenters. The lowest BCUT2D eigenvalue weighted by Crippen LogP contribution is -2.25. The van der Waals surface area contributed by atoms with Gasteiger partial charge in [0.25, 0.3) is 0 Å². The Labute approximate surface area is 126 Å². The van der Waals surface area contributed by atoms with E-state index in [-0.39, 0.29) is 11.5 Å². The van der Waals surface area contributed by atoms with Crippen LogP contribution in [0.1, 0.15) is 40.0 Å². The lowest BCUT2D eigenvalue weighted by atomic mass is 9.95. The maximum atomic E-state index is 12.0. The number of carbonyl (C=O) groups is 1. The summed E-state index contributed by atoms with van der Waals surface area (Å²) in [6.07, 6.45) is 3.82. The number of allylic oxidation sites excluding steroid dienone is 3. The standard InChI is InChI=1S/C16H24N2O3/c1-11(2)10-21-16(20)15(8-17)13-5-4-6-14(7-13)18-9-12(3)19/h7,11-12,18-19H,4-6,9-10H2,1-3H3/b15-13-. The molecule has 0 aromatic carbocycles. The van der Waals surface area contributed by atoms with Crippen LogP contribution in [0.25, 0.3) is 0 Å². The zero-order chi connectivity index (χ0) is 15.8. The molecule has 0 fully saturated rings. The molecule has 1 aliphatic carbocycles. The highest BCUT2D eigenvalue weighted by atomic mass is 16.5. The Balaban J connectivity index is 2.83. The number of hydrogen-bond donors (Lipinski definition) is 2. The highest BCUT2D eigenvalue weighted by Crippen LogP contribution is 2.24. The average Bonchev–Trinajstić information content (AvgIpc) is 2.44. The molecule has 21 heavy (non-hydrogen) atoms. The van der Waals surface area contributed by atoms with Crippen LogP contribution in [0.2, 0.25) is 0 Å². The molecule has 0 spiro atoms. The van der Waals surface area contributed by atoms with E-state index < -0.39 is 12.1 Å². The van der Waals surface area contributed by atoms with Crippen molar-refractivity contribution in [2.45, 2.75) is 46.1 Å². The molecule has 0 radical (unpaired) electrons. The molecule has 0 saturated heterocycles. The summed E-state index contributed by atoms with van der Waals surface area (Å²) in [5, 5.41) is 21.6. The fourth-order valence-electron chi connectivity index (χ4n) is 2.00. The number of aliphatic hydroxyl groups excluding tert-OH is 1. The normalized spacial score (nSPS) is 18.6. The van der Waals surface area contributed by atoms with Crippen molar-refractivity contribution in [2.75, 3.05) is 13.2 Å². The molecule has 0 heterocycles. The van der Waals surface area contributed by atoms with Crippen LogP contribution in [-0.4, -0.2) is 30.3 Å². The number of esters is 1. The molecule has 2 N–H and O–H groups in total. The van der Waals surface area contributed by atoms with Crippen molar-refractivity contribution in [2.24, 2.45) is 5.92 Å². The Morgan fingerprint density at radius 1 is 1.48 bits per heavy atom. The molecule has 5 heteroatoms. The highest BCUT2D eigenvalue weighted by Gasteiger charge is 2.19. The van der Waals surface area contributed by atoms with Gasteiger partial charge in [-0.15, -0.1) is 0 Å². The molecule has 5 nitrogen and oxygen atoms in total. The van der Waals surface area contributed by atoms with Crippen LogP contribution in [0, 0.1) is 17.2 Å². The van der Waals surface area contributed by atoms with E-state index in [1.165, 1.54) is 0 Å². The third-order valence-electron chi connectivity index (χ3n) is 3.05. The minimum absolute atomic E-state index is 0.0895. The van der Waals surface area contributed by atoms with Gasteiger partial charge in [-0.2, -0.15) is 5.26 Å². The van der Waals surface area contributed by atoms with E-state index in [0.29, 0.717) is 25.1 Å². The first kappa shape index (κ1) is 17.3. The van der Waals surface area contributed by atoms with Crippen LogP contribution in [0.3, 0.4) is 0 Å². The number of nitriles is 1. The molecular weight excluding hydrogens is 268 g/mol. The third-order valence-corrected chi connectivity index (χ3v) is 3.05. The predicted octanol–water partition coefficient (Wildman–Crippen LogP) is 2.04. The second-order valence-electron chi connectivity index (χ2n) is 5.76. The lowest BCUT2D eigenvalue weighted by Gasteiger charge is -2.19. The van der Waals surface area contributed by atoms with Crippen LogP contribution in [0.4, 0.5) is 0 Å². The van der Waals surface area contributed by atoms with Crippen molar-refractivity contribution in [3.8, 4) is 6.07 Å². The summed E-state index contributed by atoms with van der Waals surface area (Å²) in [7, 11) is 0. The van der Waals surface area contributed by atoms with Gasteiger partial charge in [-0.05, 0) is 43.8 Å². The lowest BCUT2D eigenvalue weighted by molar-refractivity contribution is -0.139. The van der Waals surface area contributed by atoms with E-state index in [1.807, 2.05) is 26.0 Å². The molecule has 1 aliphatic rings. The van der Waals surface area contributed by atoms with E-state index >= 15 is 0 Å². The van der Waals surface area contributed by atoms with Crippen molar-refractivity contribution in [3.05, 3.63) is 22.9 Å². The van der Waals surface area contributed by atoms with Crippen molar-refractivity contribution in [1.82, 2.24) is 5.32 Å². The molecule has 0 aliphatic heterocycles. The predicted molar refractivity (Wildman–Crippen MR) is 80.1 cm³/mol. The smallest absolute Gasteiger partial charge is 0.349 e. The third kappa shape index (κ3) is 6.01. The fourth-order valence-corrected chi connectivity index (χ4v) is 2.00. The number of aliphatic hydroxyl groups is 1. The van der Waals surface area contributed by atoms with Crippen molar-refractivity contribution < 1.29 is 14.6 Å². The van der Waals surface area contributed by atoms with Crippen LogP contribution in [-0.2, 0) is 9.53 Å². The van der Waals surface area contributed by atoms with E-state index in [4.69, 9.17) is 4.74 Å². The Hall–Kier alpha value is -1.80. The van der Waals surface area contributed by atoms with E-state index in [0.717, 1.165) is 18.5 Å². The number of nitrogens with one attached hydrogen (secondary N) is 1. The van der Waals surface area contributed by atoms with Gasteiger partial charge >= 0.3 is 5.97 Å². The van der Waals surface area contributed by atoms with Gasteiger partial charge in [0, 0.05) is 12.2 Å². The maximum absolute atomic E-state index is 12.0. The van der Waals surface area contributed by atoms with Crippen molar-refractivity contribution >= 4 is 5.97 Å². The minimum Gasteiger partial charge on any atom is -0.461 e. The second-order valence-corrected chi connectivity index (χ2v) is 5.76. The van der Waals surface area contributed by atoms with Gasteiger partial charge in [-0.25, -0.2) is 4.79 Å². The number of ether oxygens (including phenoxy) is 1.